The van der Waals surface area contributed by atoms with Crippen molar-refractivity contribution < 1.29 is 23.1 Å². The average Bonchev–Trinajstić information content (AvgIpc) is 2.14. The van der Waals surface area contributed by atoms with Crippen molar-refractivity contribution in [3.05, 3.63) is 35.4 Å². The van der Waals surface area contributed by atoms with Crippen molar-refractivity contribution in [2.24, 2.45) is 0 Å². The minimum atomic E-state index is -4.57. The zero-order valence-corrected chi connectivity index (χ0v) is 7.30. The summed E-state index contributed by atoms with van der Waals surface area (Å²) in [5.74, 6) is 1.70. The van der Waals surface area contributed by atoms with Gasteiger partial charge < -0.3 is 5.11 Å². The number of carbonyl (C=O) groups is 1. The summed E-state index contributed by atoms with van der Waals surface area (Å²) in [6, 6.07) is 5.01. The molecule has 0 aliphatic rings. The highest BCUT2D eigenvalue weighted by Crippen LogP contribution is 2.13. The third-order valence-corrected chi connectivity index (χ3v) is 1.46. The lowest BCUT2D eigenvalue weighted by molar-refractivity contribution is -0.0696. The average molecular weight is 214 g/mol. The fourth-order valence-electron chi connectivity index (χ4n) is 0.873. The van der Waals surface area contributed by atoms with E-state index >= 15 is 0 Å². The number of hydrogen-bond donors (Lipinski definition) is 1. The second-order valence-corrected chi connectivity index (χ2v) is 2.63. The Kier molecular flexibility index (Phi) is 3.00. The van der Waals surface area contributed by atoms with Crippen LogP contribution in [0.5, 0.6) is 0 Å². The van der Waals surface area contributed by atoms with Gasteiger partial charge in [-0.25, -0.2) is 4.79 Å². The molecule has 0 radical (unpaired) electrons. The van der Waals surface area contributed by atoms with Gasteiger partial charge in [0.2, 0.25) is 0 Å². The summed E-state index contributed by atoms with van der Waals surface area (Å²) in [6.07, 6.45) is -4.57. The predicted molar refractivity (Wildman–Crippen MR) is 46.3 cm³/mol. The number of aromatic carboxylic acids is 1. The Bertz CT molecular complexity index is 438. The smallest absolute Gasteiger partial charge is 0.458 e. The van der Waals surface area contributed by atoms with Crippen molar-refractivity contribution in [1.82, 2.24) is 0 Å². The molecular weight excluding hydrogens is 209 g/mol. The molecule has 78 valence electrons. The van der Waals surface area contributed by atoms with Crippen molar-refractivity contribution >= 4 is 5.97 Å². The lowest BCUT2D eigenvalue weighted by atomic mass is 10.1. The monoisotopic (exact) mass is 214 g/mol. The van der Waals surface area contributed by atoms with Crippen LogP contribution in [0.25, 0.3) is 0 Å². The highest BCUT2D eigenvalue weighted by molar-refractivity contribution is 5.87. The fraction of sp³-hybridized carbons (Fsp3) is 0.100. The zero-order valence-electron chi connectivity index (χ0n) is 7.30. The van der Waals surface area contributed by atoms with Crippen LogP contribution >= 0.6 is 0 Å². The van der Waals surface area contributed by atoms with Crippen molar-refractivity contribution in [3.8, 4) is 11.8 Å². The molecule has 0 aliphatic carbocycles. The molecular formula is C10H5F3O2. The van der Waals surface area contributed by atoms with E-state index in [0.29, 0.717) is 0 Å². The summed E-state index contributed by atoms with van der Waals surface area (Å²) >= 11 is 0. The van der Waals surface area contributed by atoms with Gasteiger partial charge in [-0.3, -0.25) is 0 Å². The first-order valence-electron chi connectivity index (χ1n) is 3.82. The Morgan fingerprint density at radius 3 is 2.53 bits per heavy atom. The number of rotatable bonds is 1. The highest BCUT2D eigenvalue weighted by Gasteiger charge is 2.22. The van der Waals surface area contributed by atoms with Gasteiger partial charge in [-0.1, -0.05) is 12.0 Å². The van der Waals surface area contributed by atoms with Crippen LogP contribution in [0.4, 0.5) is 13.2 Å². The van der Waals surface area contributed by atoms with E-state index in [1.165, 1.54) is 18.2 Å². The molecule has 2 nitrogen and oxygen atoms in total. The van der Waals surface area contributed by atoms with Crippen molar-refractivity contribution in [2.75, 3.05) is 0 Å². The lowest BCUT2D eigenvalue weighted by Crippen LogP contribution is -2.01. The normalized spacial score (nSPS) is 10.3. The van der Waals surface area contributed by atoms with Gasteiger partial charge >= 0.3 is 12.1 Å². The summed E-state index contributed by atoms with van der Waals surface area (Å²) in [5.41, 5.74) is -0.0730. The van der Waals surface area contributed by atoms with Crippen LogP contribution in [0.1, 0.15) is 15.9 Å². The topological polar surface area (TPSA) is 37.3 Å². The summed E-state index contributed by atoms with van der Waals surface area (Å²) in [4.78, 5) is 10.5. The minimum absolute atomic E-state index is 0.0206. The molecule has 1 N–H and O–H groups in total. The number of halogens is 3. The number of carboxylic acid groups (broad SMARTS) is 1. The van der Waals surface area contributed by atoms with E-state index in [1.54, 1.807) is 0 Å². The molecule has 0 amide bonds. The second kappa shape index (κ2) is 4.05. The maximum atomic E-state index is 11.7. The first kappa shape index (κ1) is 11.1. The summed E-state index contributed by atoms with van der Waals surface area (Å²) in [7, 11) is 0. The van der Waals surface area contributed by atoms with Crippen molar-refractivity contribution in [2.45, 2.75) is 6.18 Å². The van der Waals surface area contributed by atoms with Crippen LogP contribution in [0.15, 0.2) is 24.3 Å². The van der Waals surface area contributed by atoms with E-state index in [1.807, 2.05) is 5.92 Å². The molecule has 0 saturated carbocycles. The van der Waals surface area contributed by atoms with E-state index in [0.717, 1.165) is 12.0 Å². The molecule has 0 unspecified atom stereocenters. The van der Waals surface area contributed by atoms with Crippen LogP contribution in [0.2, 0.25) is 0 Å². The molecule has 0 spiro atoms. The van der Waals surface area contributed by atoms with E-state index < -0.39 is 12.1 Å². The van der Waals surface area contributed by atoms with Gasteiger partial charge in [0, 0.05) is 11.5 Å². The first-order valence-corrected chi connectivity index (χ1v) is 3.82. The van der Waals surface area contributed by atoms with Crippen LogP contribution < -0.4 is 0 Å². The Balaban J connectivity index is 3.00. The van der Waals surface area contributed by atoms with Gasteiger partial charge in [-0.15, -0.1) is 0 Å². The van der Waals surface area contributed by atoms with Crippen LogP contribution in [0, 0.1) is 11.8 Å². The van der Waals surface area contributed by atoms with Crippen LogP contribution in [-0.2, 0) is 0 Å². The molecule has 0 bridgehead atoms. The van der Waals surface area contributed by atoms with E-state index in [9.17, 15) is 18.0 Å². The van der Waals surface area contributed by atoms with E-state index in [-0.39, 0.29) is 11.1 Å². The molecule has 15 heavy (non-hydrogen) atoms. The fourth-order valence-corrected chi connectivity index (χ4v) is 0.873. The van der Waals surface area contributed by atoms with Crippen molar-refractivity contribution in [1.29, 1.82) is 0 Å². The van der Waals surface area contributed by atoms with Gasteiger partial charge in [0.05, 0.1) is 5.56 Å². The molecule has 1 aromatic rings. The van der Waals surface area contributed by atoms with Crippen LogP contribution in [-0.4, -0.2) is 17.3 Å². The second-order valence-electron chi connectivity index (χ2n) is 2.63. The molecule has 1 rings (SSSR count). The summed E-state index contributed by atoms with van der Waals surface area (Å²) in [6.45, 7) is 0. The van der Waals surface area contributed by atoms with E-state index in [2.05, 4.69) is 0 Å². The standard InChI is InChI=1S/C10H5F3O2/c11-10(12,13)5-4-7-2-1-3-8(6-7)9(14)15/h1-3,6H,(H,14,15). The minimum Gasteiger partial charge on any atom is -0.478 e. The molecule has 0 aromatic heterocycles. The van der Waals surface area contributed by atoms with Gasteiger partial charge in [0.25, 0.3) is 0 Å². The lowest BCUT2D eigenvalue weighted by Gasteiger charge is -1.95. The quantitative estimate of drug-likeness (QED) is 0.728. The largest absolute Gasteiger partial charge is 0.478 e. The van der Waals surface area contributed by atoms with Gasteiger partial charge in [-0.05, 0) is 18.2 Å². The predicted octanol–water partition coefficient (Wildman–Crippen LogP) is 2.30. The van der Waals surface area contributed by atoms with Crippen molar-refractivity contribution in [3.63, 3.8) is 0 Å². The number of alkyl halides is 3. The Morgan fingerprint density at radius 2 is 2.00 bits per heavy atom. The van der Waals surface area contributed by atoms with Gasteiger partial charge in [-0.2, -0.15) is 13.2 Å². The Morgan fingerprint density at radius 1 is 1.33 bits per heavy atom. The maximum Gasteiger partial charge on any atom is 0.458 e. The van der Waals surface area contributed by atoms with Gasteiger partial charge in [0.1, 0.15) is 0 Å². The van der Waals surface area contributed by atoms with Crippen LogP contribution in [0.3, 0.4) is 0 Å². The highest BCUT2D eigenvalue weighted by atomic mass is 19.4. The zero-order chi connectivity index (χ0) is 11.5. The molecule has 0 aliphatic heterocycles. The molecule has 0 saturated heterocycles. The first-order chi connectivity index (χ1) is 6.88. The molecule has 0 atom stereocenters. The third-order valence-electron chi connectivity index (χ3n) is 1.46. The molecule has 0 fully saturated rings. The molecule has 5 heteroatoms. The molecule has 0 heterocycles. The van der Waals surface area contributed by atoms with E-state index in [4.69, 9.17) is 5.11 Å². The SMILES string of the molecule is O=C(O)c1cccc(C#CC(F)(F)F)c1. The number of carboxylic acids is 1. The Hall–Kier alpha value is -1.96. The Labute approximate surface area is 83.3 Å². The number of benzene rings is 1. The third kappa shape index (κ3) is 3.73. The number of hydrogen-bond acceptors (Lipinski definition) is 1. The summed E-state index contributed by atoms with van der Waals surface area (Å²) in [5, 5.41) is 8.57. The summed E-state index contributed by atoms with van der Waals surface area (Å²) < 4.78 is 35.1. The van der Waals surface area contributed by atoms with Gasteiger partial charge in [0.15, 0.2) is 0 Å². The maximum absolute atomic E-state index is 11.7. The molecule has 1 aromatic carbocycles.